The molecule has 0 spiro atoms. The predicted octanol–water partition coefficient (Wildman–Crippen LogP) is 3.49. The van der Waals surface area contributed by atoms with E-state index >= 15 is 0 Å². The third-order valence-corrected chi connectivity index (χ3v) is 3.37. The zero-order valence-electron chi connectivity index (χ0n) is 11.2. The van der Waals surface area contributed by atoms with Gasteiger partial charge in [-0.3, -0.25) is 4.90 Å². The lowest BCUT2D eigenvalue weighted by Crippen LogP contribution is -2.34. The maximum Gasteiger partial charge on any atom is 0.414 e. The number of benzene rings is 1. The molecule has 1 heterocycles. The highest BCUT2D eigenvalue weighted by atomic mass is 35.5. The van der Waals surface area contributed by atoms with Crippen molar-refractivity contribution in [1.29, 1.82) is 0 Å². The molecule has 1 aromatic rings. The van der Waals surface area contributed by atoms with Gasteiger partial charge in [-0.05, 0) is 44.4 Å². The molecule has 1 aliphatic rings. The molecule has 0 saturated carbocycles. The van der Waals surface area contributed by atoms with Gasteiger partial charge in [0.15, 0.2) is 0 Å². The van der Waals surface area contributed by atoms with E-state index in [0.29, 0.717) is 11.6 Å². The molecule has 0 aliphatic carbocycles. The van der Waals surface area contributed by atoms with Gasteiger partial charge in [0.05, 0.1) is 11.8 Å². The molecule has 4 nitrogen and oxygen atoms in total. The van der Waals surface area contributed by atoms with Crippen LogP contribution in [0.3, 0.4) is 0 Å². The summed E-state index contributed by atoms with van der Waals surface area (Å²) >= 11 is 6.03. The van der Waals surface area contributed by atoms with Crippen LogP contribution in [-0.2, 0) is 4.74 Å². The molecule has 0 bridgehead atoms. The van der Waals surface area contributed by atoms with E-state index in [1.165, 1.54) is 0 Å². The summed E-state index contributed by atoms with van der Waals surface area (Å²) in [5.41, 5.74) is 7.85. The van der Waals surface area contributed by atoms with Crippen molar-refractivity contribution in [3.63, 3.8) is 0 Å². The molecule has 1 aliphatic heterocycles. The second-order valence-electron chi connectivity index (χ2n) is 5.04. The van der Waals surface area contributed by atoms with Crippen LogP contribution in [0.1, 0.15) is 38.3 Å². The Bertz CT molecular complexity index is 477. The number of nitrogens with zero attached hydrogens (tertiary/aromatic N) is 1. The number of halogens is 1. The molecule has 1 unspecified atom stereocenters. The Kier molecular flexibility index (Phi) is 4.32. The van der Waals surface area contributed by atoms with E-state index in [9.17, 15) is 4.79 Å². The van der Waals surface area contributed by atoms with Gasteiger partial charge in [0.1, 0.15) is 0 Å². The second-order valence-corrected chi connectivity index (χ2v) is 5.47. The molecule has 0 saturated heterocycles. The van der Waals surface area contributed by atoms with Crippen molar-refractivity contribution in [3.8, 4) is 0 Å². The van der Waals surface area contributed by atoms with Crippen LogP contribution in [0.15, 0.2) is 18.2 Å². The van der Waals surface area contributed by atoms with E-state index in [0.717, 1.165) is 24.1 Å². The first-order valence-corrected chi connectivity index (χ1v) is 6.90. The van der Waals surface area contributed by atoms with Crippen LogP contribution in [0.25, 0.3) is 0 Å². The zero-order chi connectivity index (χ0) is 14.0. The third-order valence-electron chi connectivity index (χ3n) is 3.14. The standard InChI is InChI=1S/C14H19ClN2O2/c1-9(2)19-14(18)17-7-3-4-12(16)11-6-5-10(15)8-13(11)17/h5-6,8-9,12H,3-4,7,16H2,1-2H3. The molecular formula is C14H19ClN2O2. The summed E-state index contributed by atoms with van der Waals surface area (Å²) in [6, 6.07) is 5.41. The average molecular weight is 283 g/mol. The van der Waals surface area contributed by atoms with Gasteiger partial charge in [0.2, 0.25) is 0 Å². The lowest BCUT2D eigenvalue weighted by molar-refractivity contribution is 0.122. The summed E-state index contributed by atoms with van der Waals surface area (Å²) in [7, 11) is 0. The minimum atomic E-state index is -0.340. The number of nitrogens with two attached hydrogens (primary N) is 1. The molecule has 0 radical (unpaired) electrons. The summed E-state index contributed by atoms with van der Waals surface area (Å²) in [5.74, 6) is 0. The molecule has 5 heteroatoms. The quantitative estimate of drug-likeness (QED) is 0.858. The predicted molar refractivity (Wildman–Crippen MR) is 76.6 cm³/mol. The van der Waals surface area contributed by atoms with Crippen molar-refractivity contribution >= 4 is 23.4 Å². The Balaban J connectivity index is 2.37. The fourth-order valence-corrected chi connectivity index (χ4v) is 2.43. The molecule has 19 heavy (non-hydrogen) atoms. The number of hydrogen-bond donors (Lipinski definition) is 1. The van der Waals surface area contributed by atoms with Gasteiger partial charge in [-0.15, -0.1) is 0 Å². The van der Waals surface area contributed by atoms with Gasteiger partial charge in [0.25, 0.3) is 0 Å². The Hall–Kier alpha value is -1.26. The van der Waals surface area contributed by atoms with Crippen LogP contribution in [-0.4, -0.2) is 18.7 Å². The number of carbonyl (C=O) groups is 1. The van der Waals surface area contributed by atoms with Gasteiger partial charge in [0, 0.05) is 17.6 Å². The largest absolute Gasteiger partial charge is 0.446 e. The van der Waals surface area contributed by atoms with E-state index in [1.807, 2.05) is 19.9 Å². The summed E-state index contributed by atoms with van der Waals surface area (Å²) < 4.78 is 5.28. The average Bonchev–Trinajstić information content (AvgIpc) is 2.47. The van der Waals surface area contributed by atoms with Crippen LogP contribution < -0.4 is 10.6 Å². The number of ether oxygens (including phenoxy) is 1. The highest BCUT2D eigenvalue weighted by molar-refractivity contribution is 6.31. The molecular weight excluding hydrogens is 264 g/mol. The van der Waals surface area contributed by atoms with Crippen LogP contribution in [0.4, 0.5) is 10.5 Å². The molecule has 1 amide bonds. The number of hydrogen-bond acceptors (Lipinski definition) is 3. The molecule has 2 rings (SSSR count). The van der Waals surface area contributed by atoms with E-state index in [1.54, 1.807) is 17.0 Å². The molecule has 0 aromatic heterocycles. The first kappa shape index (κ1) is 14.2. The van der Waals surface area contributed by atoms with Crippen molar-refractivity contribution in [2.24, 2.45) is 5.73 Å². The normalized spacial score (nSPS) is 19.0. The lowest BCUT2D eigenvalue weighted by atomic mass is 10.0. The minimum absolute atomic E-state index is 0.0656. The monoisotopic (exact) mass is 282 g/mol. The van der Waals surface area contributed by atoms with Crippen molar-refractivity contribution in [1.82, 2.24) is 0 Å². The maximum absolute atomic E-state index is 12.2. The summed E-state index contributed by atoms with van der Waals surface area (Å²) in [4.78, 5) is 13.8. The number of rotatable bonds is 1. The van der Waals surface area contributed by atoms with Crippen molar-refractivity contribution in [3.05, 3.63) is 28.8 Å². The van der Waals surface area contributed by atoms with Gasteiger partial charge in [-0.1, -0.05) is 17.7 Å². The summed E-state index contributed by atoms with van der Waals surface area (Å²) in [6.07, 6.45) is 1.21. The van der Waals surface area contributed by atoms with Crippen molar-refractivity contribution < 1.29 is 9.53 Å². The van der Waals surface area contributed by atoms with Crippen molar-refractivity contribution in [2.45, 2.75) is 38.8 Å². The first-order chi connectivity index (χ1) is 8.99. The Morgan fingerprint density at radius 2 is 2.26 bits per heavy atom. The SMILES string of the molecule is CC(C)OC(=O)N1CCCC(N)c2ccc(Cl)cc21. The maximum atomic E-state index is 12.2. The summed E-state index contributed by atoms with van der Waals surface area (Å²) in [5, 5.41) is 0.593. The first-order valence-electron chi connectivity index (χ1n) is 6.52. The van der Waals surface area contributed by atoms with Crippen LogP contribution in [0, 0.1) is 0 Å². The molecule has 2 N–H and O–H groups in total. The Morgan fingerprint density at radius 1 is 1.53 bits per heavy atom. The molecule has 1 aromatic carbocycles. The van der Waals surface area contributed by atoms with Crippen molar-refractivity contribution in [2.75, 3.05) is 11.4 Å². The summed E-state index contributed by atoms with van der Waals surface area (Å²) in [6.45, 7) is 4.27. The van der Waals surface area contributed by atoms with E-state index in [4.69, 9.17) is 22.1 Å². The number of fused-ring (bicyclic) bond motifs is 1. The number of anilines is 1. The van der Waals surface area contributed by atoms with Gasteiger partial charge < -0.3 is 10.5 Å². The van der Waals surface area contributed by atoms with E-state index in [2.05, 4.69) is 0 Å². The van der Waals surface area contributed by atoms with Crippen LogP contribution >= 0.6 is 11.6 Å². The van der Waals surface area contributed by atoms with Crippen LogP contribution in [0.2, 0.25) is 5.02 Å². The minimum Gasteiger partial charge on any atom is -0.446 e. The van der Waals surface area contributed by atoms with E-state index in [-0.39, 0.29) is 18.2 Å². The fraction of sp³-hybridized carbons (Fsp3) is 0.500. The smallest absolute Gasteiger partial charge is 0.414 e. The molecule has 0 fully saturated rings. The second kappa shape index (κ2) is 5.80. The van der Waals surface area contributed by atoms with E-state index < -0.39 is 0 Å². The number of amides is 1. The third kappa shape index (κ3) is 3.19. The zero-order valence-corrected chi connectivity index (χ0v) is 12.0. The van der Waals surface area contributed by atoms with Gasteiger partial charge in [-0.2, -0.15) is 0 Å². The lowest BCUT2D eigenvalue weighted by Gasteiger charge is -2.24. The van der Waals surface area contributed by atoms with Gasteiger partial charge in [-0.25, -0.2) is 4.79 Å². The fourth-order valence-electron chi connectivity index (χ4n) is 2.26. The highest BCUT2D eigenvalue weighted by Gasteiger charge is 2.26. The number of carbonyl (C=O) groups excluding carboxylic acids is 1. The molecule has 1 atom stereocenters. The Morgan fingerprint density at radius 3 is 2.95 bits per heavy atom. The molecule has 104 valence electrons. The topological polar surface area (TPSA) is 55.6 Å². The van der Waals surface area contributed by atoms with Gasteiger partial charge >= 0.3 is 6.09 Å². The highest BCUT2D eigenvalue weighted by Crippen LogP contribution is 2.34. The Labute approximate surface area is 118 Å². The van der Waals surface area contributed by atoms with Crippen LogP contribution in [0.5, 0.6) is 0 Å².